The standard InChI is InChI=1S/C21H23FN4O3S/c1-16-23-11-12-26(16)19-9-7-17(8-10-19)13-24-21(27)15-25(30(2,28)29)14-18-5-3-4-6-20(18)22/h3-12H,13-15H2,1-2H3,(H,24,27). The summed E-state index contributed by atoms with van der Waals surface area (Å²) in [4.78, 5) is 16.5. The molecule has 0 aliphatic rings. The number of aryl methyl sites for hydroxylation is 1. The molecular weight excluding hydrogens is 407 g/mol. The summed E-state index contributed by atoms with van der Waals surface area (Å²) in [6.07, 6.45) is 4.58. The molecule has 1 heterocycles. The summed E-state index contributed by atoms with van der Waals surface area (Å²) in [7, 11) is -3.70. The molecule has 3 rings (SSSR count). The Morgan fingerprint density at radius 1 is 1.17 bits per heavy atom. The summed E-state index contributed by atoms with van der Waals surface area (Å²) in [5.41, 5.74) is 2.03. The van der Waals surface area contributed by atoms with Crippen molar-refractivity contribution < 1.29 is 17.6 Å². The van der Waals surface area contributed by atoms with Crippen LogP contribution in [0, 0.1) is 12.7 Å². The van der Waals surface area contributed by atoms with Crippen LogP contribution in [-0.2, 0) is 27.9 Å². The van der Waals surface area contributed by atoms with Crippen molar-refractivity contribution in [1.29, 1.82) is 0 Å². The third kappa shape index (κ3) is 5.52. The molecule has 0 spiro atoms. The summed E-state index contributed by atoms with van der Waals surface area (Å²) in [6, 6.07) is 13.5. The fourth-order valence-corrected chi connectivity index (χ4v) is 3.67. The van der Waals surface area contributed by atoms with Crippen LogP contribution in [0.5, 0.6) is 0 Å². The van der Waals surface area contributed by atoms with Gasteiger partial charge in [0, 0.05) is 36.7 Å². The number of halogens is 1. The number of hydrogen-bond acceptors (Lipinski definition) is 4. The predicted molar refractivity (Wildman–Crippen MR) is 112 cm³/mol. The Bertz CT molecular complexity index is 1130. The van der Waals surface area contributed by atoms with Gasteiger partial charge < -0.3 is 9.88 Å². The largest absolute Gasteiger partial charge is 0.351 e. The topological polar surface area (TPSA) is 84.3 Å². The summed E-state index contributed by atoms with van der Waals surface area (Å²) >= 11 is 0. The molecule has 0 atom stereocenters. The number of rotatable bonds is 8. The maximum Gasteiger partial charge on any atom is 0.235 e. The van der Waals surface area contributed by atoms with Crippen molar-refractivity contribution in [3.63, 3.8) is 0 Å². The van der Waals surface area contributed by atoms with Gasteiger partial charge in [-0.2, -0.15) is 4.31 Å². The first-order valence-corrected chi connectivity index (χ1v) is 11.1. The van der Waals surface area contributed by atoms with Crippen LogP contribution >= 0.6 is 0 Å². The zero-order valence-corrected chi connectivity index (χ0v) is 17.6. The molecule has 0 aliphatic carbocycles. The Morgan fingerprint density at radius 3 is 2.47 bits per heavy atom. The van der Waals surface area contributed by atoms with Gasteiger partial charge in [0.05, 0.1) is 12.8 Å². The molecule has 30 heavy (non-hydrogen) atoms. The maximum absolute atomic E-state index is 13.9. The second-order valence-corrected chi connectivity index (χ2v) is 8.89. The lowest BCUT2D eigenvalue weighted by molar-refractivity contribution is -0.121. The van der Waals surface area contributed by atoms with Crippen molar-refractivity contribution >= 4 is 15.9 Å². The van der Waals surface area contributed by atoms with E-state index < -0.39 is 21.7 Å². The molecule has 9 heteroatoms. The van der Waals surface area contributed by atoms with Crippen LogP contribution in [0.2, 0.25) is 0 Å². The maximum atomic E-state index is 13.9. The van der Waals surface area contributed by atoms with E-state index in [1.165, 1.54) is 18.2 Å². The SMILES string of the molecule is Cc1nccn1-c1ccc(CNC(=O)CN(Cc2ccccc2F)S(C)(=O)=O)cc1. The van der Waals surface area contributed by atoms with Crippen LogP contribution in [0.15, 0.2) is 60.9 Å². The minimum Gasteiger partial charge on any atom is -0.351 e. The molecule has 2 aromatic carbocycles. The fraction of sp³-hybridized carbons (Fsp3) is 0.238. The number of sulfonamides is 1. The lowest BCUT2D eigenvalue weighted by Gasteiger charge is -2.20. The van der Waals surface area contributed by atoms with Crippen molar-refractivity contribution in [2.45, 2.75) is 20.0 Å². The second-order valence-electron chi connectivity index (χ2n) is 6.91. The van der Waals surface area contributed by atoms with E-state index in [0.29, 0.717) is 0 Å². The number of carbonyl (C=O) groups is 1. The van der Waals surface area contributed by atoms with E-state index in [4.69, 9.17) is 0 Å². The van der Waals surface area contributed by atoms with Gasteiger partial charge in [0.2, 0.25) is 15.9 Å². The molecule has 1 aromatic heterocycles. The average Bonchev–Trinajstić information content (AvgIpc) is 3.13. The number of hydrogen-bond donors (Lipinski definition) is 1. The van der Waals surface area contributed by atoms with E-state index in [0.717, 1.165) is 27.6 Å². The molecule has 1 amide bonds. The number of imidazole rings is 1. The first-order chi connectivity index (χ1) is 14.2. The fourth-order valence-electron chi connectivity index (χ4n) is 2.95. The van der Waals surface area contributed by atoms with Crippen molar-refractivity contribution in [3.05, 3.63) is 83.7 Å². The van der Waals surface area contributed by atoms with Crippen molar-refractivity contribution in [1.82, 2.24) is 19.2 Å². The van der Waals surface area contributed by atoms with Gasteiger partial charge in [-0.3, -0.25) is 4.79 Å². The van der Waals surface area contributed by atoms with E-state index >= 15 is 0 Å². The summed E-state index contributed by atoms with van der Waals surface area (Å²) < 4.78 is 40.9. The molecule has 0 aliphatic heterocycles. The third-order valence-electron chi connectivity index (χ3n) is 4.62. The van der Waals surface area contributed by atoms with Gasteiger partial charge in [0.15, 0.2) is 0 Å². The van der Waals surface area contributed by atoms with Crippen molar-refractivity contribution in [2.24, 2.45) is 0 Å². The van der Waals surface area contributed by atoms with Gasteiger partial charge in [0.1, 0.15) is 11.6 Å². The van der Waals surface area contributed by atoms with Gasteiger partial charge in [-0.05, 0) is 30.7 Å². The lowest BCUT2D eigenvalue weighted by atomic mass is 10.2. The molecule has 0 unspecified atom stereocenters. The summed E-state index contributed by atoms with van der Waals surface area (Å²) in [6.45, 7) is 1.56. The normalized spacial score (nSPS) is 11.6. The van der Waals surface area contributed by atoms with Crippen molar-refractivity contribution in [2.75, 3.05) is 12.8 Å². The Hall–Kier alpha value is -3.04. The Balaban J connectivity index is 1.60. The van der Waals surface area contributed by atoms with Crippen LogP contribution < -0.4 is 5.32 Å². The van der Waals surface area contributed by atoms with Gasteiger partial charge in [0.25, 0.3) is 0 Å². The first kappa shape index (κ1) is 21.7. The molecule has 7 nitrogen and oxygen atoms in total. The van der Waals surface area contributed by atoms with E-state index in [1.54, 1.807) is 12.3 Å². The number of nitrogens with one attached hydrogen (secondary N) is 1. The number of aromatic nitrogens is 2. The molecule has 0 bridgehead atoms. The van der Waals surface area contributed by atoms with Gasteiger partial charge in [-0.1, -0.05) is 30.3 Å². The van der Waals surface area contributed by atoms with Gasteiger partial charge in [-0.15, -0.1) is 0 Å². The van der Waals surface area contributed by atoms with Gasteiger partial charge >= 0.3 is 0 Å². The molecule has 158 valence electrons. The molecule has 0 saturated carbocycles. The smallest absolute Gasteiger partial charge is 0.235 e. The molecule has 1 N–H and O–H groups in total. The van der Waals surface area contributed by atoms with Crippen LogP contribution in [0.1, 0.15) is 17.0 Å². The highest BCUT2D eigenvalue weighted by Gasteiger charge is 2.21. The molecule has 0 saturated heterocycles. The van der Waals surface area contributed by atoms with E-state index in [9.17, 15) is 17.6 Å². The van der Waals surface area contributed by atoms with Crippen LogP contribution in [0.3, 0.4) is 0 Å². The molecule has 3 aromatic rings. The zero-order valence-electron chi connectivity index (χ0n) is 16.7. The lowest BCUT2D eigenvalue weighted by Crippen LogP contribution is -2.39. The molecule has 0 radical (unpaired) electrons. The minimum absolute atomic E-state index is 0.209. The quantitative estimate of drug-likeness (QED) is 0.595. The number of carbonyl (C=O) groups excluding carboxylic acids is 1. The zero-order chi connectivity index (χ0) is 21.7. The highest BCUT2D eigenvalue weighted by Crippen LogP contribution is 2.13. The summed E-state index contributed by atoms with van der Waals surface area (Å²) in [5.74, 6) is -0.113. The average molecular weight is 431 g/mol. The second kappa shape index (κ2) is 9.19. The number of nitrogens with zero attached hydrogens (tertiary/aromatic N) is 3. The van der Waals surface area contributed by atoms with E-state index in [1.807, 2.05) is 42.0 Å². The Morgan fingerprint density at radius 2 is 1.87 bits per heavy atom. The molecule has 0 fully saturated rings. The Labute approximate surface area is 175 Å². The highest BCUT2D eigenvalue weighted by atomic mass is 32.2. The van der Waals surface area contributed by atoms with E-state index in [2.05, 4.69) is 10.3 Å². The van der Waals surface area contributed by atoms with Gasteiger partial charge in [-0.25, -0.2) is 17.8 Å². The van der Waals surface area contributed by atoms with Crippen LogP contribution in [0.4, 0.5) is 4.39 Å². The monoisotopic (exact) mass is 430 g/mol. The highest BCUT2D eigenvalue weighted by molar-refractivity contribution is 7.88. The van der Waals surface area contributed by atoms with Crippen molar-refractivity contribution in [3.8, 4) is 5.69 Å². The third-order valence-corrected chi connectivity index (χ3v) is 5.82. The number of amides is 1. The minimum atomic E-state index is -3.70. The molecular formula is C21H23FN4O3S. The summed E-state index contributed by atoms with van der Waals surface area (Å²) in [5, 5.41) is 2.71. The Kier molecular flexibility index (Phi) is 6.63. The van der Waals surface area contributed by atoms with Crippen LogP contribution in [0.25, 0.3) is 5.69 Å². The predicted octanol–water partition coefficient (Wildman–Crippen LogP) is 2.40. The number of benzene rings is 2. The van der Waals surface area contributed by atoms with Crippen LogP contribution in [-0.4, -0.2) is 41.0 Å². The first-order valence-electron chi connectivity index (χ1n) is 9.28. The van der Waals surface area contributed by atoms with E-state index in [-0.39, 0.29) is 25.2 Å².